The predicted molar refractivity (Wildman–Crippen MR) is 94.0 cm³/mol. The summed E-state index contributed by atoms with van der Waals surface area (Å²) in [6, 6.07) is 8.03. The SMILES string of the molecule is Cc1noc(-c2cccnc2N2CCN(Cc3ccncc3)CC2)n1. The van der Waals surface area contributed by atoms with Crippen LogP contribution in [0.15, 0.2) is 47.4 Å². The highest BCUT2D eigenvalue weighted by molar-refractivity contribution is 5.69. The van der Waals surface area contributed by atoms with E-state index in [0.29, 0.717) is 11.7 Å². The van der Waals surface area contributed by atoms with Crippen molar-refractivity contribution in [3.63, 3.8) is 0 Å². The molecule has 4 rings (SSSR count). The molecular formula is C18H20N6O. The Hall–Kier alpha value is -2.80. The van der Waals surface area contributed by atoms with Crippen LogP contribution in [-0.2, 0) is 6.54 Å². The van der Waals surface area contributed by atoms with Gasteiger partial charge in [0, 0.05) is 51.3 Å². The second-order valence-electron chi connectivity index (χ2n) is 6.14. The van der Waals surface area contributed by atoms with Crippen molar-refractivity contribution in [2.45, 2.75) is 13.5 Å². The maximum atomic E-state index is 5.34. The van der Waals surface area contributed by atoms with Gasteiger partial charge in [-0.15, -0.1) is 0 Å². The van der Waals surface area contributed by atoms with Gasteiger partial charge in [-0.1, -0.05) is 5.16 Å². The molecule has 0 amide bonds. The zero-order valence-electron chi connectivity index (χ0n) is 14.2. The number of aromatic nitrogens is 4. The smallest absolute Gasteiger partial charge is 0.261 e. The number of hydrogen-bond acceptors (Lipinski definition) is 7. The highest BCUT2D eigenvalue weighted by Gasteiger charge is 2.22. The number of anilines is 1. The first kappa shape index (κ1) is 15.7. The summed E-state index contributed by atoms with van der Waals surface area (Å²) in [5, 5.41) is 3.89. The van der Waals surface area contributed by atoms with Gasteiger partial charge in [-0.2, -0.15) is 4.98 Å². The normalized spacial score (nSPS) is 15.5. The number of hydrogen-bond donors (Lipinski definition) is 0. The molecule has 25 heavy (non-hydrogen) atoms. The van der Waals surface area contributed by atoms with Crippen LogP contribution in [0.2, 0.25) is 0 Å². The van der Waals surface area contributed by atoms with E-state index >= 15 is 0 Å². The van der Waals surface area contributed by atoms with Gasteiger partial charge in [-0.05, 0) is 36.8 Å². The fourth-order valence-electron chi connectivity index (χ4n) is 3.09. The fourth-order valence-corrected chi connectivity index (χ4v) is 3.09. The van der Waals surface area contributed by atoms with Crippen LogP contribution < -0.4 is 4.90 Å². The first-order chi connectivity index (χ1) is 12.3. The minimum atomic E-state index is 0.528. The third-order valence-corrected chi connectivity index (χ3v) is 4.37. The summed E-state index contributed by atoms with van der Waals surface area (Å²) < 4.78 is 5.34. The number of aryl methyl sites for hydroxylation is 1. The number of piperazine rings is 1. The van der Waals surface area contributed by atoms with Gasteiger partial charge in [-0.25, -0.2) is 4.98 Å². The van der Waals surface area contributed by atoms with Crippen molar-refractivity contribution in [3.8, 4) is 11.5 Å². The zero-order valence-corrected chi connectivity index (χ0v) is 14.2. The lowest BCUT2D eigenvalue weighted by Gasteiger charge is -2.35. The topological polar surface area (TPSA) is 71.2 Å². The van der Waals surface area contributed by atoms with Gasteiger partial charge >= 0.3 is 0 Å². The molecule has 0 radical (unpaired) electrons. The van der Waals surface area contributed by atoms with Crippen molar-refractivity contribution in [2.75, 3.05) is 31.1 Å². The molecule has 4 heterocycles. The Morgan fingerprint density at radius 3 is 2.56 bits per heavy atom. The minimum Gasteiger partial charge on any atom is -0.353 e. The van der Waals surface area contributed by atoms with Gasteiger partial charge in [0.15, 0.2) is 5.82 Å². The van der Waals surface area contributed by atoms with Crippen molar-refractivity contribution >= 4 is 5.82 Å². The second kappa shape index (κ2) is 6.98. The van der Waals surface area contributed by atoms with Gasteiger partial charge in [-0.3, -0.25) is 9.88 Å². The summed E-state index contributed by atoms with van der Waals surface area (Å²) in [5.41, 5.74) is 2.19. The summed E-state index contributed by atoms with van der Waals surface area (Å²) in [6.07, 6.45) is 5.50. The predicted octanol–water partition coefficient (Wildman–Crippen LogP) is 2.16. The first-order valence-electron chi connectivity index (χ1n) is 8.41. The van der Waals surface area contributed by atoms with Crippen LogP contribution >= 0.6 is 0 Å². The van der Waals surface area contributed by atoms with E-state index in [2.05, 4.69) is 42.0 Å². The molecule has 3 aromatic heterocycles. The molecule has 7 heteroatoms. The van der Waals surface area contributed by atoms with Crippen molar-refractivity contribution in [2.24, 2.45) is 0 Å². The summed E-state index contributed by atoms with van der Waals surface area (Å²) in [6.45, 7) is 6.59. The van der Waals surface area contributed by atoms with Gasteiger partial charge in [0.1, 0.15) is 5.82 Å². The Labute approximate surface area is 146 Å². The van der Waals surface area contributed by atoms with E-state index in [1.165, 1.54) is 5.56 Å². The van der Waals surface area contributed by atoms with Gasteiger partial charge in [0.25, 0.3) is 5.89 Å². The number of pyridine rings is 2. The highest BCUT2D eigenvalue weighted by Crippen LogP contribution is 2.28. The summed E-state index contributed by atoms with van der Waals surface area (Å²) in [5.74, 6) is 2.07. The molecule has 1 aliphatic heterocycles. The molecule has 0 bridgehead atoms. The largest absolute Gasteiger partial charge is 0.353 e. The van der Waals surface area contributed by atoms with Gasteiger partial charge < -0.3 is 9.42 Å². The summed E-state index contributed by atoms with van der Waals surface area (Å²) in [7, 11) is 0. The van der Waals surface area contributed by atoms with E-state index in [9.17, 15) is 0 Å². The molecule has 0 spiro atoms. The zero-order chi connectivity index (χ0) is 17.1. The summed E-state index contributed by atoms with van der Waals surface area (Å²) in [4.78, 5) is 17.7. The molecule has 0 atom stereocenters. The molecule has 0 unspecified atom stereocenters. The molecule has 3 aromatic rings. The minimum absolute atomic E-state index is 0.528. The molecule has 0 aliphatic carbocycles. The third kappa shape index (κ3) is 3.51. The quantitative estimate of drug-likeness (QED) is 0.723. The maximum Gasteiger partial charge on any atom is 0.261 e. The Bertz CT molecular complexity index is 826. The highest BCUT2D eigenvalue weighted by atomic mass is 16.5. The van der Waals surface area contributed by atoms with E-state index in [-0.39, 0.29) is 0 Å². The van der Waals surface area contributed by atoms with Crippen LogP contribution in [0.25, 0.3) is 11.5 Å². The maximum absolute atomic E-state index is 5.34. The Morgan fingerprint density at radius 2 is 1.84 bits per heavy atom. The van der Waals surface area contributed by atoms with Crippen molar-refractivity contribution in [1.82, 2.24) is 25.0 Å². The van der Waals surface area contributed by atoms with Crippen LogP contribution in [0.5, 0.6) is 0 Å². The van der Waals surface area contributed by atoms with E-state index in [0.717, 1.165) is 44.1 Å². The Balaban J connectivity index is 1.46. The Kier molecular flexibility index (Phi) is 4.39. The monoisotopic (exact) mass is 336 g/mol. The molecule has 0 saturated carbocycles. The lowest BCUT2D eigenvalue weighted by atomic mass is 10.2. The van der Waals surface area contributed by atoms with Gasteiger partial charge in [0.05, 0.1) is 5.56 Å². The van der Waals surface area contributed by atoms with E-state index in [4.69, 9.17) is 4.52 Å². The van der Waals surface area contributed by atoms with Crippen LogP contribution in [0, 0.1) is 6.92 Å². The van der Waals surface area contributed by atoms with E-state index < -0.39 is 0 Å². The number of nitrogens with zero attached hydrogens (tertiary/aromatic N) is 6. The molecule has 1 saturated heterocycles. The van der Waals surface area contributed by atoms with Crippen LogP contribution in [-0.4, -0.2) is 51.2 Å². The van der Waals surface area contributed by atoms with Crippen LogP contribution in [0.3, 0.4) is 0 Å². The molecule has 1 fully saturated rings. The standard InChI is InChI=1S/C18H20N6O/c1-14-21-18(25-22-14)16-3-2-6-20-17(16)24-11-9-23(10-12-24)13-15-4-7-19-8-5-15/h2-8H,9-13H2,1H3. The molecule has 128 valence electrons. The molecule has 0 N–H and O–H groups in total. The number of rotatable bonds is 4. The average molecular weight is 336 g/mol. The lowest BCUT2D eigenvalue weighted by Crippen LogP contribution is -2.46. The van der Waals surface area contributed by atoms with E-state index in [1.807, 2.05) is 37.6 Å². The molecule has 1 aliphatic rings. The lowest BCUT2D eigenvalue weighted by molar-refractivity contribution is 0.249. The molecule has 7 nitrogen and oxygen atoms in total. The fraction of sp³-hybridized carbons (Fsp3) is 0.333. The van der Waals surface area contributed by atoms with Crippen molar-refractivity contribution in [3.05, 3.63) is 54.2 Å². The second-order valence-corrected chi connectivity index (χ2v) is 6.14. The van der Waals surface area contributed by atoms with E-state index in [1.54, 1.807) is 0 Å². The molecular weight excluding hydrogens is 316 g/mol. The summed E-state index contributed by atoms with van der Waals surface area (Å²) >= 11 is 0. The Morgan fingerprint density at radius 1 is 1.04 bits per heavy atom. The van der Waals surface area contributed by atoms with Crippen molar-refractivity contribution < 1.29 is 4.52 Å². The third-order valence-electron chi connectivity index (χ3n) is 4.37. The molecule has 0 aromatic carbocycles. The van der Waals surface area contributed by atoms with Crippen LogP contribution in [0.4, 0.5) is 5.82 Å². The average Bonchev–Trinajstić information content (AvgIpc) is 3.10. The van der Waals surface area contributed by atoms with Crippen LogP contribution in [0.1, 0.15) is 11.4 Å². The first-order valence-corrected chi connectivity index (χ1v) is 8.41. The van der Waals surface area contributed by atoms with Gasteiger partial charge in [0.2, 0.25) is 0 Å². The van der Waals surface area contributed by atoms with Crippen molar-refractivity contribution in [1.29, 1.82) is 0 Å².